The highest BCUT2D eigenvalue weighted by Crippen LogP contribution is 2.39. The second-order valence-corrected chi connectivity index (χ2v) is 6.37. The van der Waals surface area contributed by atoms with Crippen LogP contribution in [0.5, 0.6) is 0 Å². The predicted octanol–water partition coefficient (Wildman–Crippen LogP) is 4.97. The Morgan fingerprint density at radius 1 is 1.35 bits per heavy atom. The van der Waals surface area contributed by atoms with Gasteiger partial charge >= 0.3 is 6.18 Å². The summed E-state index contributed by atoms with van der Waals surface area (Å²) in [6.07, 6.45) is -4.35. The number of aromatic nitrogens is 1. The molecule has 2 aromatic rings. The number of anilines is 1. The lowest BCUT2D eigenvalue weighted by Crippen LogP contribution is -2.07. The summed E-state index contributed by atoms with van der Waals surface area (Å²) in [4.78, 5) is 4.99. The highest BCUT2D eigenvalue weighted by atomic mass is 79.9. The van der Waals surface area contributed by atoms with E-state index in [4.69, 9.17) is 5.73 Å². The van der Waals surface area contributed by atoms with Gasteiger partial charge in [0, 0.05) is 15.3 Å². The number of hydrogen-bond acceptors (Lipinski definition) is 3. The van der Waals surface area contributed by atoms with Crippen molar-refractivity contribution >= 4 is 32.4 Å². The number of halogens is 4. The molecule has 0 radical (unpaired) electrons. The third kappa shape index (κ3) is 2.98. The Labute approximate surface area is 127 Å². The highest BCUT2D eigenvalue weighted by Gasteiger charge is 2.31. The van der Waals surface area contributed by atoms with E-state index in [2.05, 4.69) is 20.9 Å². The maximum absolute atomic E-state index is 12.8. The fraction of sp³-hybridized carbons (Fsp3) is 0.308. The number of nitrogens with zero attached hydrogens (tertiary/aromatic N) is 1. The summed E-state index contributed by atoms with van der Waals surface area (Å²) in [5.74, 6) is -0.207. The van der Waals surface area contributed by atoms with E-state index in [0.717, 1.165) is 16.6 Å². The van der Waals surface area contributed by atoms with Crippen molar-refractivity contribution in [2.24, 2.45) is 0 Å². The monoisotopic (exact) mass is 364 g/mol. The first-order valence-electron chi connectivity index (χ1n) is 5.79. The smallest absolute Gasteiger partial charge is 0.375 e. The fourth-order valence-electron chi connectivity index (χ4n) is 2.02. The van der Waals surface area contributed by atoms with E-state index in [1.165, 1.54) is 23.5 Å². The molecule has 0 aliphatic carbocycles. The zero-order valence-electron chi connectivity index (χ0n) is 10.8. The number of alkyl halides is 3. The third-order valence-electron chi connectivity index (χ3n) is 3.03. The summed E-state index contributed by atoms with van der Waals surface area (Å²) in [6, 6.07) is 3.66. The van der Waals surface area contributed by atoms with Gasteiger partial charge in [0.05, 0.1) is 11.3 Å². The quantitative estimate of drug-likeness (QED) is 0.817. The van der Waals surface area contributed by atoms with Gasteiger partial charge in [-0.3, -0.25) is 0 Å². The van der Waals surface area contributed by atoms with E-state index in [1.54, 1.807) is 6.92 Å². The number of aryl methyl sites for hydroxylation is 1. The second-order valence-electron chi connectivity index (χ2n) is 4.46. The summed E-state index contributed by atoms with van der Waals surface area (Å²) in [5.41, 5.74) is 6.32. The molecule has 0 amide bonds. The van der Waals surface area contributed by atoms with Crippen LogP contribution in [0.25, 0.3) is 0 Å². The molecular weight excluding hydrogens is 353 g/mol. The van der Waals surface area contributed by atoms with Crippen LogP contribution in [-0.4, -0.2) is 4.98 Å². The zero-order valence-corrected chi connectivity index (χ0v) is 13.2. The van der Waals surface area contributed by atoms with E-state index >= 15 is 0 Å². The second kappa shape index (κ2) is 5.37. The van der Waals surface area contributed by atoms with Gasteiger partial charge in [0.2, 0.25) is 0 Å². The van der Waals surface area contributed by atoms with Crippen molar-refractivity contribution in [2.75, 3.05) is 5.73 Å². The van der Waals surface area contributed by atoms with Gasteiger partial charge in [0.1, 0.15) is 0 Å². The predicted molar refractivity (Wildman–Crippen MR) is 77.9 cm³/mol. The lowest BCUT2D eigenvalue weighted by Gasteiger charge is -2.15. The van der Waals surface area contributed by atoms with Gasteiger partial charge in [-0.15, -0.1) is 11.3 Å². The van der Waals surface area contributed by atoms with E-state index in [0.29, 0.717) is 15.2 Å². The molecule has 1 aromatic carbocycles. The van der Waals surface area contributed by atoms with Crippen LogP contribution in [0.1, 0.15) is 34.5 Å². The minimum absolute atomic E-state index is 0.207. The number of thiazole rings is 1. The number of nitrogen functional groups attached to an aromatic ring is 1. The van der Waals surface area contributed by atoms with Crippen LogP contribution in [0, 0.1) is 6.92 Å². The molecular formula is C13H12BrF3N2S. The average Bonchev–Trinajstić information content (AvgIpc) is 2.66. The van der Waals surface area contributed by atoms with Crippen LogP contribution >= 0.6 is 27.3 Å². The molecule has 7 heteroatoms. The molecule has 0 aliphatic rings. The largest absolute Gasteiger partial charge is 0.416 e. The molecule has 0 spiro atoms. The Bertz CT molecular complexity index is 637. The van der Waals surface area contributed by atoms with Crippen LogP contribution < -0.4 is 5.73 Å². The molecule has 108 valence electrons. The fourth-order valence-corrected chi connectivity index (χ4v) is 3.52. The summed E-state index contributed by atoms with van der Waals surface area (Å²) < 4.78 is 39.1. The summed E-state index contributed by atoms with van der Waals surface area (Å²) in [5, 5.41) is 0.424. The van der Waals surface area contributed by atoms with Crippen molar-refractivity contribution in [2.45, 2.75) is 25.9 Å². The molecule has 0 aliphatic heterocycles. The molecule has 2 N–H and O–H groups in total. The van der Waals surface area contributed by atoms with Crippen molar-refractivity contribution in [1.29, 1.82) is 0 Å². The van der Waals surface area contributed by atoms with E-state index in [9.17, 15) is 13.2 Å². The minimum Gasteiger partial charge on any atom is -0.375 e. The van der Waals surface area contributed by atoms with Crippen molar-refractivity contribution in [3.63, 3.8) is 0 Å². The van der Waals surface area contributed by atoms with Gasteiger partial charge < -0.3 is 5.73 Å². The van der Waals surface area contributed by atoms with Gasteiger partial charge in [0.15, 0.2) is 5.13 Å². The maximum atomic E-state index is 12.8. The Morgan fingerprint density at radius 3 is 2.50 bits per heavy atom. The van der Waals surface area contributed by atoms with Crippen molar-refractivity contribution < 1.29 is 13.2 Å². The molecule has 2 nitrogen and oxygen atoms in total. The highest BCUT2D eigenvalue weighted by molar-refractivity contribution is 9.10. The lowest BCUT2D eigenvalue weighted by molar-refractivity contribution is -0.137. The Balaban J connectivity index is 2.49. The summed E-state index contributed by atoms with van der Waals surface area (Å²) >= 11 is 4.62. The molecule has 0 saturated heterocycles. The molecule has 20 heavy (non-hydrogen) atoms. The van der Waals surface area contributed by atoms with Crippen LogP contribution in [-0.2, 0) is 6.18 Å². The minimum atomic E-state index is -4.35. The number of nitrogens with two attached hydrogens (primary N) is 1. The topological polar surface area (TPSA) is 38.9 Å². The first kappa shape index (κ1) is 15.3. The Hall–Kier alpha value is -1.08. The average molecular weight is 365 g/mol. The van der Waals surface area contributed by atoms with E-state index in [-0.39, 0.29) is 5.92 Å². The third-order valence-corrected chi connectivity index (χ3v) is 4.92. The van der Waals surface area contributed by atoms with E-state index < -0.39 is 11.7 Å². The van der Waals surface area contributed by atoms with Crippen LogP contribution in [0.4, 0.5) is 18.3 Å². The maximum Gasteiger partial charge on any atom is 0.416 e. The first-order chi connectivity index (χ1) is 9.20. The molecule has 2 rings (SSSR count). The standard InChI is InChI=1S/C13H12BrF3N2S/c1-6(11-7(2)19-12(18)20-11)9-5-8(13(15,16)17)3-4-10(9)14/h3-6H,1-2H3,(H2,18,19). The van der Waals surface area contributed by atoms with Gasteiger partial charge in [-0.05, 0) is 30.7 Å². The first-order valence-corrected chi connectivity index (χ1v) is 7.40. The normalized spacial score (nSPS) is 13.5. The van der Waals surface area contributed by atoms with Crippen molar-refractivity contribution in [3.8, 4) is 0 Å². The Morgan fingerprint density at radius 2 is 2.00 bits per heavy atom. The van der Waals surface area contributed by atoms with Crippen LogP contribution in [0.3, 0.4) is 0 Å². The molecule has 1 aromatic heterocycles. The molecule has 1 atom stereocenters. The summed E-state index contributed by atoms with van der Waals surface area (Å²) in [6.45, 7) is 3.65. The number of rotatable bonds is 2. The molecule has 1 heterocycles. The Kier molecular flexibility index (Phi) is 4.11. The van der Waals surface area contributed by atoms with Crippen molar-refractivity contribution in [3.05, 3.63) is 44.4 Å². The van der Waals surface area contributed by atoms with Gasteiger partial charge in [-0.2, -0.15) is 13.2 Å². The SMILES string of the molecule is Cc1nc(N)sc1C(C)c1cc(C(F)(F)F)ccc1Br. The van der Waals surface area contributed by atoms with Crippen LogP contribution in [0.15, 0.2) is 22.7 Å². The molecule has 0 saturated carbocycles. The molecule has 1 unspecified atom stereocenters. The van der Waals surface area contributed by atoms with E-state index in [1.807, 2.05) is 6.92 Å². The molecule has 0 fully saturated rings. The van der Waals surface area contributed by atoms with Gasteiger partial charge in [0.25, 0.3) is 0 Å². The van der Waals surface area contributed by atoms with Gasteiger partial charge in [-0.25, -0.2) is 4.98 Å². The van der Waals surface area contributed by atoms with Gasteiger partial charge in [-0.1, -0.05) is 22.9 Å². The van der Waals surface area contributed by atoms with Crippen molar-refractivity contribution in [1.82, 2.24) is 4.98 Å². The molecule has 0 bridgehead atoms. The zero-order chi connectivity index (χ0) is 15.1. The lowest BCUT2D eigenvalue weighted by atomic mass is 9.96. The number of benzene rings is 1. The summed E-state index contributed by atoms with van der Waals surface area (Å²) in [7, 11) is 0. The number of hydrogen-bond donors (Lipinski definition) is 1. The van der Waals surface area contributed by atoms with Crippen LogP contribution in [0.2, 0.25) is 0 Å².